The number of allylic oxidation sites excluding steroid dienone is 1. The first-order valence-corrected chi connectivity index (χ1v) is 10.1. The summed E-state index contributed by atoms with van der Waals surface area (Å²) < 4.78 is 11.2. The normalized spacial score (nSPS) is 14.3. The van der Waals surface area contributed by atoms with Gasteiger partial charge in [0.05, 0.1) is 7.11 Å². The lowest BCUT2D eigenvalue weighted by Crippen LogP contribution is -2.50. The molecule has 3 rings (SSSR count). The first-order chi connectivity index (χ1) is 14.0. The van der Waals surface area contributed by atoms with Gasteiger partial charge in [0.15, 0.2) is 18.1 Å². The minimum Gasteiger partial charge on any atom is -0.493 e. The van der Waals surface area contributed by atoms with Crippen LogP contribution in [0.3, 0.4) is 0 Å². The summed E-state index contributed by atoms with van der Waals surface area (Å²) in [6, 6.07) is 12.1. The van der Waals surface area contributed by atoms with Crippen LogP contribution in [0.25, 0.3) is 6.08 Å². The van der Waals surface area contributed by atoms with Gasteiger partial charge in [0.1, 0.15) is 0 Å². The molecule has 29 heavy (non-hydrogen) atoms. The van der Waals surface area contributed by atoms with Gasteiger partial charge in [-0.15, -0.1) is 0 Å². The van der Waals surface area contributed by atoms with Gasteiger partial charge < -0.3 is 19.3 Å². The molecule has 1 fully saturated rings. The van der Waals surface area contributed by atoms with E-state index in [9.17, 15) is 4.79 Å². The standard InChI is InChI=1S/C24H30N2O3/c1-5-7-20-10-11-22(23(16-20)28-4)29-17-24(27)26-14-12-25(13-15-26)21-9-6-8-18(2)19(21)3/h5-11,16H,12-15,17H2,1-4H3/b7-5+. The van der Waals surface area contributed by atoms with Gasteiger partial charge in [0, 0.05) is 31.9 Å². The fraction of sp³-hybridized carbons (Fsp3) is 0.375. The summed E-state index contributed by atoms with van der Waals surface area (Å²) >= 11 is 0. The molecular weight excluding hydrogens is 364 g/mol. The summed E-state index contributed by atoms with van der Waals surface area (Å²) in [5, 5.41) is 0. The number of rotatable bonds is 6. The smallest absolute Gasteiger partial charge is 0.260 e. The van der Waals surface area contributed by atoms with Crippen molar-refractivity contribution in [2.75, 3.05) is 44.8 Å². The van der Waals surface area contributed by atoms with Crippen LogP contribution in [0.4, 0.5) is 5.69 Å². The highest BCUT2D eigenvalue weighted by atomic mass is 16.5. The summed E-state index contributed by atoms with van der Waals surface area (Å²) in [4.78, 5) is 16.9. The molecule has 0 aliphatic carbocycles. The van der Waals surface area contributed by atoms with E-state index < -0.39 is 0 Å². The van der Waals surface area contributed by atoms with Gasteiger partial charge in [-0.05, 0) is 55.7 Å². The number of hydrogen-bond acceptors (Lipinski definition) is 4. The predicted molar refractivity (Wildman–Crippen MR) is 118 cm³/mol. The molecule has 5 nitrogen and oxygen atoms in total. The molecule has 1 saturated heterocycles. The molecule has 0 bridgehead atoms. The van der Waals surface area contributed by atoms with E-state index in [0.29, 0.717) is 24.6 Å². The van der Waals surface area contributed by atoms with Crippen LogP contribution in [0.5, 0.6) is 11.5 Å². The first kappa shape index (κ1) is 20.8. The number of nitrogens with zero attached hydrogens (tertiary/aromatic N) is 2. The lowest BCUT2D eigenvalue weighted by atomic mass is 10.1. The molecule has 0 radical (unpaired) electrons. The molecule has 1 heterocycles. The number of aryl methyl sites for hydroxylation is 1. The second-order valence-electron chi connectivity index (χ2n) is 7.29. The summed E-state index contributed by atoms with van der Waals surface area (Å²) in [6.07, 6.45) is 3.96. The van der Waals surface area contributed by atoms with E-state index in [1.807, 2.05) is 42.2 Å². The Bertz CT molecular complexity index is 884. The minimum absolute atomic E-state index is 0.00481. The number of benzene rings is 2. The Morgan fingerprint density at radius 2 is 1.83 bits per heavy atom. The molecular formula is C24H30N2O3. The van der Waals surface area contributed by atoms with Crippen molar-refractivity contribution in [3.8, 4) is 11.5 Å². The third-order valence-electron chi connectivity index (χ3n) is 5.45. The van der Waals surface area contributed by atoms with Crippen molar-refractivity contribution in [1.82, 2.24) is 4.90 Å². The van der Waals surface area contributed by atoms with Gasteiger partial charge in [-0.1, -0.05) is 30.4 Å². The quantitative estimate of drug-likeness (QED) is 0.741. The van der Waals surface area contributed by atoms with Crippen LogP contribution < -0.4 is 14.4 Å². The average Bonchev–Trinajstić information content (AvgIpc) is 2.74. The predicted octanol–water partition coefficient (Wildman–Crippen LogP) is 4.07. The van der Waals surface area contributed by atoms with E-state index in [-0.39, 0.29) is 12.5 Å². The van der Waals surface area contributed by atoms with Gasteiger partial charge >= 0.3 is 0 Å². The molecule has 2 aromatic carbocycles. The Morgan fingerprint density at radius 1 is 1.07 bits per heavy atom. The second kappa shape index (κ2) is 9.50. The molecule has 0 spiro atoms. The summed E-state index contributed by atoms with van der Waals surface area (Å²) in [7, 11) is 1.61. The molecule has 154 valence electrons. The maximum Gasteiger partial charge on any atom is 0.260 e. The lowest BCUT2D eigenvalue weighted by molar-refractivity contribution is -0.133. The third kappa shape index (κ3) is 4.91. The van der Waals surface area contributed by atoms with Crippen molar-refractivity contribution < 1.29 is 14.3 Å². The van der Waals surface area contributed by atoms with Crippen LogP contribution in [0.1, 0.15) is 23.6 Å². The van der Waals surface area contributed by atoms with Crippen molar-refractivity contribution in [2.24, 2.45) is 0 Å². The molecule has 0 unspecified atom stereocenters. The van der Waals surface area contributed by atoms with Crippen LogP contribution in [0.15, 0.2) is 42.5 Å². The lowest BCUT2D eigenvalue weighted by Gasteiger charge is -2.37. The monoisotopic (exact) mass is 394 g/mol. The topological polar surface area (TPSA) is 42.0 Å². The molecule has 2 aromatic rings. The van der Waals surface area contributed by atoms with Gasteiger partial charge in [-0.3, -0.25) is 4.79 Å². The molecule has 1 amide bonds. The zero-order valence-corrected chi connectivity index (χ0v) is 17.8. The summed E-state index contributed by atoms with van der Waals surface area (Å²) in [5.74, 6) is 1.22. The molecule has 0 atom stereocenters. The molecule has 1 aliphatic rings. The van der Waals surface area contributed by atoms with Crippen LogP contribution in [0, 0.1) is 13.8 Å². The van der Waals surface area contributed by atoms with Gasteiger partial charge in [0.2, 0.25) is 0 Å². The second-order valence-corrected chi connectivity index (χ2v) is 7.29. The number of piperazine rings is 1. The first-order valence-electron chi connectivity index (χ1n) is 10.1. The maximum atomic E-state index is 12.6. The summed E-state index contributed by atoms with van der Waals surface area (Å²) in [6.45, 7) is 9.34. The minimum atomic E-state index is 0.00481. The van der Waals surface area contributed by atoms with Crippen molar-refractivity contribution >= 4 is 17.7 Å². The molecule has 0 aromatic heterocycles. The van der Waals surface area contributed by atoms with E-state index in [1.165, 1.54) is 16.8 Å². The SMILES string of the molecule is C/C=C/c1ccc(OCC(=O)N2CCN(c3cccc(C)c3C)CC2)c(OC)c1. The average molecular weight is 395 g/mol. The van der Waals surface area contributed by atoms with E-state index in [1.54, 1.807) is 7.11 Å². The van der Waals surface area contributed by atoms with Crippen molar-refractivity contribution in [2.45, 2.75) is 20.8 Å². The molecule has 0 saturated carbocycles. The fourth-order valence-electron chi connectivity index (χ4n) is 3.61. The third-order valence-corrected chi connectivity index (χ3v) is 5.45. The number of ether oxygens (including phenoxy) is 2. The summed E-state index contributed by atoms with van der Waals surface area (Å²) in [5.41, 5.74) is 4.90. The highest BCUT2D eigenvalue weighted by molar-refractivity contribution is 5.78. The number of anilines is 1. The highest BCUT2D eigenvalue weighted by Gasteiger charge is 2.23. The zero-order valence-electron chi connectivity index (χ0n) is 17.8. The van der Waals surface area contributed by atoms with Crippen LogP contribution >= 0.6 is 0 Å². The number of carbonyl (C=O) groups excluding carboxylic acids is 1. The highest BCUT2D eigenvalue weighted by Crippen LogP contribution is 2.29. The Morgan fingerprint density at radius 3 is 2.52 bits per heavy atom. The van der Waals surface area contributed by atoms with E-state index in [4.69, 9.17) is 9.47 Å². The van der Waals surface area contributed by atoms with E-state index in [0.717, 1.165) is 18.7 Å². The van der Waals surface area contributed by atoms with Crippen LogP contribution in [-0.4, -0.2) is 50.7 Å². The maximum absolute atomic E-state index is 12.6. The van der Waals surface area contributed by atoms with Gasteiger partial charge in [-0.2, -0.15) is 0 Å². The Labute approximate surface area is 173 Å². The van der Waals surface area contributed by atoms with Crippen molar-refractivity contribution in [3.05, 3.63) is 59.2 Å². The van der Waals surface area contributed by atoms with Crippen molar-refractivity contribution in [3.63, 3.8) is 0 Å². The van der Waals surface area contributed by atoms with Crippen LogP contribution in [0.2, 0.25) is 0 Å². The van der Waals surface area contributed by atoms with Crippen molar-refractivity contribution in [1.29, 1.82) is 0 Å². The van der Waals surface area contributed by atoms with Gasteiger partial charge in [-0.25, -0.2) is 0 Å². The fourth-order valence-corrected chi connectivity index (χ4v) is 3.61. The van der Waals surface area contributed by atoms with Gasteiger partial charge in [0.25, 0.3) is 5.91 Å². The number of hydrogen-bond donors (Lipinski definition) is 0. The molecule has 1 aliphatic heterocycles. The Hall–Kier alpha value is -2.95. The number of carbonyl (C=O) groups is 1. The van der Waals surface area contributed by atoms with E-state index in [2.05, 4.69) is 36.9 Å². The molecule has 5 heteroatoms. The van der Waals surface area contributed by atoms with Crippen LogP contribution in [-0.2, 0) is 4.79 Å². The van der Waals surface area contributed by atoms with E-state index >= 15 is 0 Å². The largest absolute Gasteiger partial charge is 0.493 e. The number of methoxy groups -OCH3 is 1. The molecule has 0 N–H and O–H groups in total. The zero-order chi connectivity index (χ0) is 20.8. The Balaban J connectivity index is 1.56. The number of amides is 1. The Kier molecular flexibility index (Phi) is 6.81.